The summed E-state index contributed by atoms with van der Waals surface area (Å²) in [6.07, 6.45) is 3.85. The van der Waals surface area contributed by atoms with E-state index in [1.165, 1.54) is 24.2 Å². The van der Waals surface area contributed by atoms with Gasteiger partial charge in [0.1, 0.15) is 11.5 Å². The lowest BCUT2D eigenvalue weighted by atomic mass is 9.59. The number of methoxy groups -OCH3 is 1. The van der Waals surface area contributed by atoms with E-state index in [-0.39, 0.29) is 35.6 Å². The number of carbonyl (C=O) groups excluding carboxylic acids is 4. The van der Waals surface area contributed by atoms with Gasteiger partial charge in [-0.15, -0.1) is 0 Å². The van der Waals surface area contributed by atoms with Crippen molar-refractivity contribution in [2.75, 3.05) is 7.11 Å². The van der Waals surface area contributed by atoms with Crippen molar-refractivity contribution >= 4 is 23.4 Å². The monoisotopic (exact) mass is 475 g/mol. The number of amides is 2. The molecule has 5 rings (SSSR count). The van der Waals surface area contributed by atoms with Crippen molar-refractivity contribution in [1.29, 1.82) is 0 Å². The highest BCUT2D eigenvalue weighted by atomic mass is 16.5. The maximum Gasteiger partial charge on any atom is 0.234 e. The number of hydrogen-bond donors (Lipinski definition) is 1. The topological polar surface area (TPSA) is 101 Å². The normalized spacial score (nSPS) is 28.4. The average Bonchev–Trinajstić information content (AvgIpc) is 3.06. The second-order valence-corrected chi connectivity index (χ2v) is 10.8. The second-order valence-electron chi connectivity index (χ2n) is 10.8. The molecule has 1 aromatic carbocycles. The van der Waals surface area contributed by atoms with Crippen LogP contribution in [0.1, 0.15) is 52.0 Å². The molecular formula is C28H29NO6. The predicted molar refractivity (Wildman–Crippen MR) is 128 cm³/mol. The van der Waals surface area contributed by atoms with E-state index in [4.69, 9.17) is 4.74 Å². The van der Waals surface area contributed by atoms with Crippen LogP contribution in [0, 0.1) is 17.8 Å². The molecule has 0 unspecified atom stereocenters. The highest BCUT2D eigenvalue weighted by Gasteiger charge is 2.58. The number of ether oxygens (including phenoxy) is 1. The van der Waals surface area contributed by atoms with Crippen molar-refractivity contribution in [2.45, 2.75) is 52.0 Å². The Morgan fingerprint density at radius 1 is 1.06 bits per heavy atom. The number of fused-ring (bicyclic) bond motifs is 3. The first kappa shape index (κ1) is 23.3. The first-order valence-electron chi connectivity index (χ1n) is 11.9. The minimum Gasteiger partial charge on any atom is -0.507 e. The molecule has 0 spiro atoms. The summed E-state index contributed by atoms with van der Waals surface area (Å²) in [6, 6.07) is 4.87. The molecule has 7 nitrogen and oxygen atoms in total. The summed E-state index contributed by atoms with van der Waals surface area (Å²) in [5, 5.41) is 10.9. The number of phenols is 1. The van der Waals surface area contributed by atoms with Gasteiger partial charge in [0.05, 0.1) is 18.9 Å². The number of ketones is 2. The van der Waals surface area contributed by atoms with Gasteiger partial charge in [0.25, 0.3) is 0 Å². The number of phenolic OH excluding ortho intramolecular Hbond substituents is 1. The van der Waals surface area contributed by atoms with Crippen LogP contribution in [0.2, 0.25) is 0 Å². The van der Waals surface area contributed by atoms with Crippen LogP contribution < -0.4 is 4.74 Å². The van der Waals surface area contributed by atoms with E-state index in [1.807, 2.05) is 26.8 Å². The van der Waals surface area contributed by atoms with E-state index < -0.39 is 29.2 Å². The van der Waals surface area contributed by atoms with E-state index in [1.54, 1.807) is 19.1 Å². The molecule has 0 bridgehead atoms. The van der Waals surface area contributed by atoms with Crippen LogP contribution in [0.5, 0.6) is 11.5 Å². The quantitative estimate of drug-likeness (QED) is 0.398. The third-order valence-electron chi connectivity index (χ3n) is 7.78. The molecule has 2 amide bonds. The highest BCUT2D eigenvalue weighted by Crippen LogP contribution is 2.57. The summed E-state index contributed by atoms with van der Waals surface area (Å²) in [6.45, 7) is 7.12. The van der Waals surface area contributed by atoms with Crippen LogP contribution in [-0.4, -0.2) is 46.0 Å². The zero-order valence-corrected chi connectivity index (χ0v) is 20.5. The van der Waals surface area contributed by atoms with Crippen LogP contribution in [0.15, 0.2) is 52.6 Å². The Balaban J connectivity index is 1.73. The summed E-state index contributed by atoms with van der Waals surface area (Å²) >= 11 is 0. The summed E-state index contributed by atoms with van der Waals surface area (Å²) < 4.78 is 5.56. The fourth-order valence-electron chi connectivity index (χ4n) is 6.38. The lowest BCUT2D eigenvalue weighted by Gasteiger charge is -2.42. The van der Waals surface area contributed by atoms with Crippen molar-refractivity contribution in [3.8, 4) is 11.5 Å². The number of Topliss-reactive ketones (excluding diaryl/α,β-unsaturated/α-hetero) is 1. The number of likely N-dealkylation sites (tertiary alicyclic amines) is 1. The van der Waals surface area contributed by atoms with Gasteiger partial charge in [-0.3, -0.25) is 24.1 Å². The van der Waals surface area contributed by atoms with Gasteiger partial charge in [-0.25, -0.2) is 0 Å². The number of hydrogen-bond acceptors (Lipinski definition) is 6. The SMILES string of the molecule is COc1cccc(O)c1[C@H]1C2=CC[C@@H]3C(=O)N(C(C)(C)C)C(=O)[C@@H]3[C@@H]2CC2=C1C(=O)C=C(C)C2=O. The molecule has 3 aliphatic carbocycles. The minimum atomic E-state index is -0.742. The van der Waals surface area contributed by atoms with Gasteiger partial charge in [-0.05, 0) is 64.7 Å². The first-order chi connectivity index (χ1) is 16.5. The Morgan fingerprint density at radius 2 is 1.77 bits per heavy atom. The number of imide groups is 1. The number of carbonyl (C=O) groups is 4. The van der Waals surface area contributed by atoms with Crippen molar-refractivity contribution in [1.82, 2.24) is 4.90 Å². The first-order valence-corrected chi connectivity index (χ1v) is 11.9. The van der Waals surface area contributed by atoms with Gasteiger partial charge < -0.3 is 9.84 Å². The fourth-order valence-corrected chi connectivity index (χ4v) is 6.38. The number of aromatic hydroxyl groups is 1. The predicted octanol–water partition coefficient (Wildman–Crippen LogP) is 3.63. The number of rotatable bonds is 2. The van der Waals surface area contributed by atoms with Gasteiger partial charge >= 0.3 is 0 Å². The Bertz CT molecular complexity index is 1290. The van der Waals surface area contributed by atoms with Crippen molar-refractivity contribution < 1.29 is 29.0 Å². The average molecular weight is 476 g/mol. The number of benzene rings is 1. The van der Waals surface area contributed by atoms with Crippen LogP contribution in [0.3, 0.4) is 0 Å². The van der Waals surface area contributed by atoms with Gasteiger partial charge in [0.15, 0.2) is 11.6 Å². The van der Waals surface area contributed by atoms with Crippen LogP contribution >= 0.6 is 0 Å². The fraction of sp³-hybridized carbons (Fsp3) is 0.429. The zero-order chi connectivity index (χ0) is 25.4. The van der Waals surface area contributed by atoms with Gasteiger partial charge in [0.2, 0.25) is 11.8 Å². The van der Waals surface area contributed by atoms with E-state index in [0.717, 1.165) is 5.57 Å². The molecule has 35 heavy (non-hydrogen) atoms. The molecule has 7 heteroatoms. The number of allylic oxidation sites excluding steroid dienone is 6. The van der Waals surface area contributed by atoms with Crippen LogP contribution in [0.25, 0.3) is 0 Å². The molecule has 4 atom stereocenters. The molecule has 0 radical (unpaired) electrons. The van der Waals surface area contributed by atoms with Crippen LogP contribution in [-0.2, 0) is 19.2 Å². The molecular weight excluding hydrogens is 446 g/mol. The third-order valence-corrected chi connectivity index (χ3v) is 7.78. The smallest absolute Gasteiger partial charge is 0.234 e. The van der Waals surface area contributed by atoms with Gasteiger partial charge in [-0.2, -0.15) is 0 Å². The van der Waals surface area contributed by atoms with Crippen LogP contribution in [0.4, 0.5) is 0 Å². The van der Waals surface area contributed by atoms with E-state index >= 15 is 0 Å². The largest absolute Gasteiger partial charge is 0.507 e. The molecule has 1 saturated heterocycles. The minimum absolute atomic E-state index is 0.0541. The van der Waals surface area contributed by atoms with E-state index in [9.17, 15) is 24.3 Å². The lowest BCUT2D eigenvalue weighted by Crippen LogP contribution is -2.46. The summed E-state index contributed by atoms with van der Waals surface area (Å²) in [5.41, 5.74) is 1.56. The Labute approximate surface area is 204 Å². The van der Waals surface area contributed by atoms with Gasteiger partial charge in [-0.1, -0.05) is 17.7 Å². The molecule has 1 fully saturated rings. The van der Waals surface area contributed by atoms with Crippen molar-refractivity contribution in [2.24, 2.45) is 17.8 Å². The van der Waals surface area contributed by atoms with E-state index in [2.05, 4.69) is 0 Å². The third kappa shape index (κ3) is 3.24. The summed E-state index contributed by atoms with van der Waals surface area (Å²) in [5.74, 6) is -2.91. The van der Waals surface area contributed by atoms with Gasteiger partial charge in [0, 0.05) is 33.7 Å². The van der Waals surface area contributed by atoms with Crippen molar-refractivity contribution in [3.05, 3.63) is 58.2 Å². The summed E-state index contributed by atoms with van der Waals surface area (Å²) in [7, 11) is 1.48. The van der Waals surface area contributed by atoms with Crippen molar-refractivity contribution in [3.63, 3.8) is 0 Å². The number of nitrogens with zero attached hydrogens (tertiary/aromatic N) is 1. The molecule has 1 aromatic rings. The molecule has 0 aromatic heterocycles. The molecule has 0 saturated carbocycles. The maximum atomic E-state index is 13.7. The van der Waals surface area contributed by atoms with E-state index in [0.29, 0.717) is 34.5 Å². The lowest BCUT2D eigenvalue weighted by molar-refractivity contribution is -0.145. The highest BCUT2D eigenvalue weighted by molar-refractivity contribution is 6.23. The second kappa shape index (κ2) is 7.77. The standard InChI is InChI=1S/C28H29NO6/c1-13-11-19(31)22-17(25(13)32)12-16-14(23(22)24-18(30)7-6-8-20(24)35-5)9-10-15-21(16)27(34)29(26(15)33)28(2,3)4/h6-9,11,15-16,21,23,30H,10,12H2,1-5H3/t15-,16+,21-,23-/m0/s1. The maximum absolute atomic E-state index is 13.7. The Hall–Kier alpha value is -3.48. The molecule has 1 aliphatic heterocycles. The molecule has 4 aliphatic rings. The Kier molecular flexibility index (Phi) is 5.16. The molecule has 1 heterocycles. The molecule has 182 valence electrons. The zero-order valence-electron chi connectivity index (χ0n) is 20.5. The Morgan fingerprint density at radius 3 is 2.43 bits per heavy atom. The molecule has 1 N–H and O–H groups in total. The summed E-state index contributed by atoms with van der Waals surface area (Å²) in [4.78, 5) is 55.0.